The molecule has 1 aromatic carbocycles. The summed E-state index contributed by atoms with van der Waals surface area (Å²) in [4.78, 5) is 29.7. The van der Waals surface area contributed by atoms with E-state index in [9.17, 15) is 14.0 Å². The summed E-state index contributed by atoms with van der Waals surface area (Å²) in [5.74, 6) is -0.00826. The molecule has 0 spiro atoms. The molecule has 1 unspecified atom stereocenters. The monoisotopic (exact) mass is 371 g/mol. The van der Waals surface area contributed by atoms with Crippen LogP contribution in [0.4, 0.5) is 4.39 Å². The molecule has 2 aromatic rings. The summed E-state index contributed by atoms with van der Waals surface area (Å²) in [6.45, 7) is 3.55. The van der Waals surface area contributed by atoms with Crippen LogP contribution in [0.3, 0.4) is 0 Å². The standard InChI is InChI=1S/C21H26FN3O2/c1-15-18(10-11-23-15)21(27)25-12-4-5-16(14-25)8-9-20(26)24-13-17-6-2-3-7-19(17)22/h2-3,6-7,10-11,16,23H,4-5,8-9,12-14H2,1H3,(H,24,26). The molecule has 1 atom stereocenters. The topological polar surface area (TPSA) is 65.2 Å². The van der Waals surface area contributed by atoms with Crippen LogP contribution in [0.15, 0.2) is 36.5 Å². The van der Waals surface area contributed by atoms with Gasteiger partial charge in [-0.25, -0.2) is 4.39 Å². The second kappa shape index (κ2) is 8.84. The minimum Gasteiger partial charge on any atom is -0.365 e. The largest absolute Gasteiger partial charge is 0.365 e. The third-order valence-electron chi connectivity index (χ3n) is 5.20. The van der Waals surface area contributed by atoms with E-state index < -0.39 is 0 Å². The second-order valence-electron chi connectivity index (χ2n) is 7.18. The molecule has 2 N–H and O–H groups in total. The van der Waals surface area contributed by atoms with Crippen LogP contribution >= 0.6 is 0 Å². The van der Waals surface area contributed by atoms with Crippen molar-refractivity contribution in [3.8, 4) is 0 Å². The van der Waals surface area contributed by atoms with Crippen molar-refractivity contribution in [1.29, 1.82) is 0 Å². The zero-order valence-corrected chi connectivity index (χ0v) is 15.6. The van der Waals surface area contributed by atoms with E-state index in [0.717, 1.165) is 37.1 Å². The van der Waals surface area contributed by atoms with Crippen molar-refractivity contribution in [3.63, 3.8) is 0 Å². The van der Waals surface area contributed by atoms with E-state index >= 15 is 0 Å². The first kappa shape index (κ1) is 19.1. The molecule has 144 valence electrons. The van der Waals surface area contributed by atoms with E-state index in [0.29, 0.717) is 24.4 Å². The molecule has 1 saturated heterocycles. The first-order valence-electron chi connectivity index (χ1n) is 9.48. The van der Waals surface area contributed by atoms with Gasteiger partial charge in [0.05, 0.1) is 5.56 Å². The number of H-pyrrole nitrogens is 1. The smallest absolute Gasteiger partial charge is 0.255 e. The molecular formula is C21H26FN3O2. The molecule has 5 nitrogen and oxygen atoms in total. The van der Waals surface area contributed by atoms with Gasteiger partial charge in [0.15, 0.2) is 0 Å². The molecule has 0 aliphatic carbocycles. The molecule has 2 heterocycles. The van der Waals surface area contributed by atoms with E-state index in [1.54, 1.807) is 24.4 Å². The molecule has 1 aromatic heterocycles. The number of nitrogens with one attached hydrogen (secondary N) is 2. The van der Waals surface area contributed by atoms with Crippen LogP contribution < -0.4 is 5.32 Å². The van der Waals surface area contributed by atoms with E-state index in [1.807, 2.05) is 17.9 Å². The molecule has 3 rings (SSSR count). The Kier molecular flexibility index (Phi) is 6.27. The van der Waals surface area contributed by atoms with Crippen LogP contribution in [0.1, 0.15) is 47.3 Å². The fraction of sp³-hybridized carbons (Fsp3) is 0.429. The number of hydrogen-bond donors (Lipinski definition) is 2. The Bertz CT molecular complexity index is 802. The zero-order valence-electron chi connectivity index (χ0n) is 15.6. The molecule has 0 saturated carbocycles. The number of aryl methyl sites for hydroxylation is 1. The third kappa shape index (κ3) is 4.96. The Labute approximate surface area is 159 Å². The predicted octanol–water partition coefficient (Wildman–Crippen LogP) is 3.41. The highest BCUT2D eigenvalue weighted by molar-refractivity contribution is 5.95. The lowest BCUT2D eigenvalue weighted by Gasteiger charge is -2.32. The van der Waals surface area contributed by atoms with E-state index in [2.05, 4.69) is 10.3 Å². The Morgan fingerprint density at radius 2 is 2.11 bits per heavy atom. The number of hydrogen-bond acceptors (Lipinski definition) is 2. The lowest BCUT2D eigenvalue weighted by molar-refractivity contribution is -0.121. The second-order valence-corrected chi connectivity index (χ2v) is 7.18. The van der Waals surface area contributed by atoms with E-state index in [-0.39, 0.29) is 24.2 Å². The molecule has 2 amide bonds. The van der Waals surface area contributed by atoms with Crippen LogP contribution in [0.25, 0.3) is 0 Å². The molecule has 27 heavy (non-hydrogen) atoms. The highest BCUT2D eigenvalue weighted by atomic mass is 19.1. The van der Waals surface area contributed by atoms with Gasteiger partial charge in [0.1, 0.15) is 5.82 Å². The number of halogens is 1. The summed E-state index contributed by atoms with van der Waals surface area (Å²) in [6.07, 6.45) is 4.89. The van der Waals surface area contributed by atoms with Crippen molar-refractivity contribution in [2.75, 3.05) is 13.1 Å². The van der Waals surface area contributed by atoms with Crippen molar-refractivity contribution in [2.24, 2.45) is 5.92 Å². The first-order chi connectivity index (χ1) is 13.0. The Balaban J connectivity index is 1.45. The minimum absolute atomic E-state index is 0.0578. The highest BCUT2D eigenvalue weighted by Gasteiger charge is 2.25. The number of piperidine rings is 1. The zero-order chi connectivity index (χ0) is 19.2. The number of carbonyl (C=O) groups excluding carboxylic acids is 2. The molecule has 6 heteroatoms. The Morgan fingerprint density at radius 1 is 1.30 bits per heavy atom. The molecule has 0 bridgehead atoms. The number of benzene rings is 1. The lowest BCUT2D eigenvalue weighted by Crippen LogP contribution is -2.40. The van der Waals surface area contributed by atoms with Crippen LogP contribution in [0.2, 0.25) is 0 Å². The molecule has 1 fully saturated rings. The maximum absolute atomic E-state index is 13.6. The number of aromatic nitrogens is 1. The van der Waals surface area contributed by atoms with Crippen LogP contribution in [-0.4, -0.2) is 34.8 Å². The summed E-state index contributed by atoms with van der Waals surface area (Å²) in [6, 6.07) is 8.26. The number of nitrogens with zero attached hydrogens (tertiary/aromatic N) is 1. The Morgan fingerprint density at radius 3 is 2.85 bits per heavy atom. The van der Waals surface area contributed by atoms with Gasteiger partial charge in [-0.1, -0.05) is 18.2 Å². The SMILES string of the molecule is Cc1[nH]ccc1C(=O)N1CCCC(CCC(=O)NCc2ccccc2F)C1. The van der Waals surface area contributed by atoms with Crippen molar-refractivity contribution in [2.45, 2.75) is 39.2 Å². The maximum Gasteiger partial charge on any atom is 0.255 e. The van der Waals surface area contributed by atoms with Gasteiger partial charge in [-0.15, -0.1) is 0 Å². The summed E-state index contributed by atoms with van der Waals surface area (Å²) in [5.41, 5.74) is 2.09. The third-order valence-corrected chi connectivity index (χ3v) is 5.20. The lowest BCUT2D eigenvalue weighted by atomic mass is 9.93. The number of likely N-dealkylation sites (tertiary alicyclic amines) is 1. The predicted molar refractivity (Wildman–Crippen MR) is 102 cm³/mol. The molecule has 0 radical (unpaired) electrons. The summed E-state index contributed by atoms with van der Waals surface area (Å²) >= 11 is 0. The van der Waals surface area contributed by atoms with Crippen molar-refractivity contribution >= 4 is 11.8 Å². The summed E-state index contributed by atoms with van der Waals surface area (Å²) in [5, 5.41) is 2.78. The van der Waals surface area contributed by atoms with Gasteiger partial charge in [-0.3, -0.25) is 9.59 Å². The van der Waals surface area contributed by atoms with Crippen LogP contribution in [0, 0.1) is 18.7 Å². The maximum atomic E-state index is 13.6. The number of amides is 2. The van der Waals surface area contributed by atoms with Gasteiger partial charge in [0.2, 0.25) is 5.91 Å². The van der Waals surface area contributed by atoms with Gasteiger partial charge in [-0.2, -0.15) is 0 Å². The van der Waals surface area contributed by atoms with E-state index in [1.165, 1.54) is 6.07 Å². The van der Waals surface area contributed by atoms with Gasteiger partial charge in [-0.05, 0) is 44.2 Å². The van der Waals surface area contributed by atoms with Crippen molar-refractivity contribution in [1.82, 2.24) is 15.2 Å². The van der Waals surface area contributed by atoms with E-state index in [4.69, 9.17) is 0 Å². The molecule has 1 aliphatic heterocycles. The quantitative estimate of drug-likeness (QED) is 0.817. The highest BCUT2D eigenvalue weighted by Crippen LogP contribution is 2.23. The van der Waals surface area contributed by atoms with Crippen LogP contribution in [0.5, 0.6) is 0 Å². The van der Waals surface area contributed by atoms with Gasteiger partial charge >= 0.3 is 0 Å². The summed E-state index contributed by atoms with van der Waals surface area (Å²) < 4.78 is 13.6. The van der Waals surface area contributed by atoms with Crippen LogP contribution in [-0.2, 0) is 11.3 Å². The average Bonchev–Trinajstić information content (AvgIpc) is 3.11. The van der Waals surface area contributed by atoms with Crippen molar-refractivity contribution < 1.29 is 14.0 Å². The summed E-state index contributed by atoms with van der Waals surface area (Å²) in [7, 11) is 0. The fourth-order valence-electron chi connectivity index (χ4n) is 3.60. The van der Waals surface area contributed by atoms with Gasteiger partial charge in [0, 0.05) is 43.5 Å². The fourth-order valence-corrected chi connectivity index (χ4v) is 3.60. The number of rotatable bonds is 6. The van der Waals surface area contributed by atoms with Gasteiger partial charge in [0.25, 0.3) is 5.91 Å². The number of carbonyl (C=O) groups is 2. The first-order valence-corrected chi connectivity index (χ1v) is 9.48. The number of aromatic amines is 1. The average molecular weight is 371 g/mol. The van der Waals surface area contributed by atoms with Crippen molar-refractivity contribution in [3.05, 3.63) is 59.2 Å². The van der Waals surface area contributed by atoms with Gasteiger partial charge < -0.3 is 15.2 Å². The normalized spacial score (nSPS) is 17.0. The minimum atomic E-state index is -0.306. The molecular weight excluding hydrogens is 345 g/mol. The molecule has 1 aliphatic rings. The Hall–Kier alpha value is -2.63.